The summed E-state index contributed by atoms with van der Waals surface area (Å²) >= 11 is 3.38. The molecule has 3 rings (SSSR count). The van der Waals surface area contributed by atoms with Crippen molar-refractivity contribution < 1.29 is 19.1 Å². The summed E-state index contributed by atoms with van der Waals surface area (Å²) in [5, 5.41) is 3.95. The van der Waals surface area contributed by atoms with E-state index in [1.807, 2.05) is 44.2 Å². The van der Waals surface area contributed by atoms with Crippen LogP contribution in [0.1, 0.15) is 27.0 Å². The second kappa shape index (κ2) is 10.5. The van der Waals surface area contributed by atoms with Crippen molar-refractivity contribution in [3.8, 4) is 11.5 Å². The molecule has 3 aromatic carbocycles. The normalized spacial score (nSPS) is 10.7. The van der Waals surface area contributed by atoms with Gasteiger partial charge in [-0.15, -0.1) is 0 Å². The maximum atomic E-state index is 12.4. The zero-order valence-corrected chi connectivity index (χ0v) is 18.7. The molecule has 31 heavy (non-hydrogen) atoms. The molecule has 0 saturated heterocycles. The van der Waals surface area contributed by atoms with Crippen molar-refractivity contribution in [2.45, 2.75) is 13.8 Å². The van der Waals surface area contributed by atoms with Crippen LogP contribution in [-0.2, 0) is 4.79 Å². The average molecular weight is 481 g/mol. The molecule has 7 heteroatoms. The summed E-state index contributed by atoms with van der Waals surface area (Å²) in [6.07, 6.45) is 1.41. The number of nitrogens with one attached hydrogen (secondary N) is 1. The Morgan fingerprint density at radius 3 is 2.48 bits per heavy atom. The monoisotopic (exact) mass is 480 g/mol. The van der Waals surface area contributed by atoms with Crippen molar-refractivity contribution in [1.29, 1.82) is 0 Å². The van der Waals surface area contributed by atoms with Crippen LogP contribution in [0.4, 0.5) is 0 Å². The fraction of sp³-hybridized carbons (Fsp3) is 0.125. The number of para-hydroxylation sites is 1. The van der Waals surface area contributed by atoms with Crippen molar-refractivity contribution in [3.05, 3.63) is 93.5 Å². The van der Waals surface area contributed by atoms with E-state index in [9.17, 15) is 9.59 Å². The number of nitrogens with zero attached hydrogens (tertiary/aromatic N) is 1. The number of aryl methyl sites for hydroxylation is 2. The number of hydrazone groups is 1. The number of esters is 1. The van der Waals surface area contributed by atoms with E-state index < -0.39 is 11.9 Å². The summed E-state index contributed by atoms with van der Waals surface area (Å²) in [4.78, 5) is 24.4. The molecule has 0 heterocycles. The first-order valence-electron chi connectivity index (χ1n) is 9.51. The zero-order valence-electron chi connectivity index (χ0n) is 17.1. The highest BCUT2D eigenvalue weighted by Gasteiger charge is 2.12. The number of hydrogen-bond donors (Lipinski definition) is 1. The molecule has 0 atom stereocenters. The highest BCUT2D eigenvalue weighted by molar-refractivity contribution is 9.10. The minimum absolute atomic E-state index is 0.171. The predicted molar refractivity (Wildman–Crippen MR) is 123 cm³/mol. The van der Waals surface area contributed by atoms with Gasteiger partial charge in [-0.3, -0.25) is 4.79 Å². The van der Waals surface area contributed by atoms with E-state index in [-0.39, 0.29) is 6.61 Å². The maximum absolute atomic E-state index is 12.4. The zero-order chi connectivity index (χ0) is 22.2. The molecule has 0 radical (unpaired) electrons. The molecule has 0 bridgehead atoms. The van der Waals surface area contributed by atoms with Crippen LogP contribution in [0.15, 0.2) is 76.3 Å². The predicted octanol–water partition coefficient (Wildman–Crippen LogP) is 4.81. The molecule has 0 spiro atoms. The van der Waals surface area contributed by atoms with Crippen molar-refractivity contribution in [2.24, 2.45) is 5.10 Å². The van der Waals surface area contributed by atoms with Crippen molar-refractivity contribution >= 4 is 34.0 Å². The Morgan fingerprint density at radius 2 is 1.74 bits per heavy atom. The summed E-state index contributed by atoms with van der Waals surface area (Å²) < 4.78 is 11.8. The number of rotatable bonds is 7. The number of halogens is 1. The van der Waals surface area contributed by atoms with E-state index in [0.717, 1.165) is 15.6 Å². The minimum atomic E-state index is -0.479. The molecule has 3 aromatic rings. The SMILES string of the molecule is Cc1ccc(C(=O)Oc2ccc(Br)cc2/C=N/NC(=O)COc2ccccc2C)cc1. The fourth-order valence-electron chi connectivity index (χ4n) is 2.63. The second-order valence-corrected chi connectivity index (χ2v) is 7.70. The Bertz CT molecular complexity index is 1110. The Labute approximate surface area is 189 Å². The summed E-state index contributed by atoms with van der Waals surface area (Å²) in [6, 6.07) is 19.7. The lowest BCUT2D eigenvalue weighted by Crippen LogP contribution is -2.24. The van der Waals surface area contributed by atoms with Gasteiger partial charge in [-0.2, -0.15) is 5.10 Å². The van der Waals surface area contributed by atoms with Gasteiger partial charge in [-0.05, 0) is 55.8 Å². The molecule has 0 saturated carbocycles. The first-order chi connectivity index (χ1) is 14.9. The minimum Gasteiger partial charge on any atom is -0.483 e. The Hall–Kier alpha value is -3.45. The first-order valence-corrected chi connectivity index (χ1v) is 10.3. The van der Waals surface area contributed by atoms with Crippen molar-refractivity contribution in [3.63, 3.8) is 0 Å². The van der Waals surface area contributed by atoms with Crippen LogP contribution in [0.25, 0.3) is 0 Å². The van der Waals surface area contributed by atoms with E-state index in [4.69, 9.17) is 9.47 Å². The second-order valence-electron chi connectivity index (χ2n) is 6.79. The van der Waals surface area contributed by atoms with Gasteiger partial charge in [0.05, 0.1) is 11.8 Å². The van der Waals surface area contributed by atoms with E-state index >= 15 is 0 Å². The molecular weight excluding hydrogens is 460 g/mol. The van der Waals surface area contributed by atoms with Gasteiger partial charge in [0.1, 0.15) is 11.5 Å². The van der Waals surface area contributed by atoms with E-state index in [0.29, 0.717) is 22.6 Å². The number of carbonyl (C=O) groups excluding carboxylic acids is 2. The molecule has 0 aromatic heterocycles. The lowest BCUT2D eigenvalue weighted by atomic mass is 10.1. The van der Waals surface area contributed by atoms with Crippen molar-refractivity contribution in [2.75, 3.05) is 6.61 Å². The molecule has 0 fully saturated rings. The lowest BCUT2D eigenvalue weighted by molar-refractivity contribution is -0.123. The van der Waals surface area contributed by atoms with E-state index in [2.05, 4.69) is 26.5 Å². The van der Waals surface area contributed by atoms with Crippen LogP contribution in [0.5, 0.6) is 11.5 Å². The third-order valence-electron chi connectivity index (χ3n) is 4.31. The average Bonchev–Trinajstić information content (AvgIpc) is 2.75. The fourth-order valence-corrected chi connectivity index (χ4v) is 3.01. The third kappa shape index (κ3) is 6.52. The molecule has 0 aliphatic heterocycles. The molecular formula is C24H21BrN2O4. The Kier molecular flexibility index (Phi) is 7.56. The van der Waals surface area contributed by atoms with Crippen LogP contribution >= 0.6 is 15.9 Å². The summed E-state index contributed by atoms with van der Waals surface area (Å²) in [7, 11) is 0. The van der Waals surface area contributed by atoms with Gasteiger partial charge in [-0.1, -0.05) is 51.8 Å². The first kappa shape index (κ1) is 22.2. The standard InChI is InChI=1S/C24H21BrN2O4/c1-16-7-9-18(10-8-16)24(29)31-22-12-11-20(25)13-19(22)14-26-27-23(28)15-30-21-6-4-3-5-17(21)2/h3-14H,15H2,1-2H3,(H,27,28)/b26-14+. The van der Waals surface area contributed by atoms with Gasteiger partial charge >= 0.3 is 5.97 Å². The number of carbonyl (C=O) groups is 2. The molecule has 0 aliphatic carbocycles. The van der Waals surface area contributed by atoms with Gasteiger partial charge in [0.2, 0.25) is 0 Å². The number of benzene rings is 3. The van der Waals surface area contributed by atoms with Crippen LogP contribution in [0.3, 0.4) is 0 Å². The molecule has 158 valence electrons. The molecule has 1 N–H and O–H groups in total. The molecule has 6 nitrogen and oxygen atoms in total. The number of amides is 1. The quantitative estimate of drug-likeness (QED) is 0.227. The summed E-state index contributed by atoms with van der Waals surface area (Å²) in [6.45, 7) is 3.67. The van der Waals surface area contributed by atoms with Crippen LogP contribution in [-0.4, -0.2) is 24.7 Å². The highest BCUT2D eigenvalue weighted by atomic mass is 79.9. The van der Waals surface area contributed by atoms with Gasteiger partial charge < -0.3 is 9.47 Å². The molecule has 1 amide bonds. The smallest absolute Gasteiger partial charge is 0.343 e. The van der Waals surface area contributed by atoms with Gasteiger partial charge in [0.25, 0.3) is 5.91 Å². The Balaban J connectivity index is 1.62. The molecule has 0 unspecified atom stereocenters. The third-order valence-corrected chi connectivity index (χ3v) is 4.80. The van der Waals surface area contributed by atoms with Crippen molar-refractivity contribution in [1.82, 2.24) is 5.43 Å². The van der Waals surface area contributed by atoms with E-state index in [1.165, 1.54) is 6.21 Å². The lowest BCUT2D eigenvalue weighted by Gasteiger charge is -2.09. The van der Waals surface area contributed by atoms with E-state index in [1.54, 1.807) is 36.4 Å². The highest BCUT2D eigenvalue weighted by Crippen LogP contribution is 2.23. The van der Waals surface area contributed by atoms with Crippen LogP contribution < -0.4 is 14.9 Å². The van der Waals surface area contributed by atoms with Crippen LogP contribution in [0.2, 0.25) is 0 Å². The maximum Gasteiger partial charge on any atom is 0.343 e. The largest absolute Gasteiger partial charge is 0.483 e. The van der Waals surface area contributed by atoms with Gasteiger partial charge in [-0.25, -0.2) is 10.2 Å². The van der Waals surface area contributed by atoms with Crippen LogP contribution in [0, 0.1) is 13.8 Å². The summed E-state index contributed by atoms with van der Waals surface area (Å²) in [5.41, 5.74) is 5.36. The number of ether oxygens (including phenoxy) is 2. The number of hydrogen-bond acceptors (Lipinski definition) is 5. The molecule has 0 aliphatic rings. The van der Waals surface area contributed by atoms with Gasteiger partial charge in [0, 0.05) is 10.0 Å². The summed E-state index contributed by atoms with van der Waals surface area (Å²) in [5.74, 6) is 0.0715. The Morgan fingerprint density at radius 1 is 1.00 bits per heavy atom. The van der Waals surface area contributed by atoms with Gasteiger partial charge in [0.15, 0.2) is 6.61 Å². The topological polar surface area (TPSA) is 77.0 Å².